The molecule has 0 saturated heterocycles. The summed E-state index contributed by atoms with van der Waals surface area (Å²) >= 11 is 1.64. The van der Waals surface area contributed by atoms with E-state index in [9.17, 15) is 4.79 Å². The molecular formula is C14H16N2O2S. The molecule has 0 radical (unpaired) electrons. The summed E-state index contributed by atoms with van der Waals surface area (Å²) in [6, 6.07) is 4.17. The minimum atomic E-state index is -0.156. The van der Waals surface area contributed by atoms with Gasteiger partial charge in [-0.15, -0.1) is 11.8 Å². The third-order valence-electron chi connectivity index (χ3n) is 3.50. The smallest absolute Gasteiger partial charge is 0.307 e. The van der Waals surface area contributed by atoms with Crippen LogP contribution >= 0.6 is 11.8 Å². The first-order valence-corrected chi connectivity index (χ1v) is 7.69. The highest BCUT2D eigenvalue weighted by Gasteiger charge is 2.27. The summed E-state index contributed by atoms with van der Waals surface area (Å²) in [4.78, 5) is 15.9. The molecule has 1 unspecified atom stereocenters. The van der Waals surface area contributed by atoms with Crippen molar-refractivity contribution < 1.29 is 9.53 Å². The van der Waals surface area contributed by atoms with E-state index in [0.717, 1.165) is 28.8 Å². The van der Waals surface area contributed by atoms with E-state index in [1.54, 1.807) is 11.8 Å². The van der Waals surface area contributed by atoms with Gasteiger partial charge in [0.25, 0.3) is 0 Å². The minimum Gasteiger partial charge on any atom is -0.441 e. The van der Waals surface area contributed by atoms with Crippen LogP contribution in [-0.2, 0) is 16.0 Å². The second kappa shape index (κ2) is 4.89. The largest absolute Gasteiger partial charge is 0.441 e. The summed E-state index contributed by atoms with van der Waals surface area (Å²) in [5.41, 5.74) is 2.34. The molecule has 0 fully saturated rings. The highest BCUT2D eigenvalue weighted by Crippen LogP contribution is 2.36. The first-order chi connectivity index (χ1) is 9.24. The molecule has 2 aromatic heterocycles. The Morgan fingerprint density at radius 3 is 3.21 bits per heavy atom. The number of aromatic nitrogens is 2. The van der Waals surface area contributed by atoms with Gasteiger partial charge in [0.2, 0.25) is 0 Å². The van der Waals surface area contributed by atoms with Gasteiger partial charge < -0.3 is 9.30 Å². The van der Waals surface area contributed by atoms with Gasteiger partial charge in [0.15, 0.2) is 6.23 Å². The van der Waals surface area contributed by atoms with Gasteiger partial charge in [-0.05, 0) is 24.8 Å². The molecule has 0 aliphatic carbocycles. The van der Waals surface area contributed by atoms with Gasteiger partial charge in [-0.1, -0.05) is 6.92 Å². The van der Waals surface area contributed by atoms with Crippen molar-refractivity contribution in [3.8, 4) is 0 Å². The Kier molecular flexibility index (Phi) is 3.22. The van der Waals surface area contributed by atoms with Crippen molar-refractivity contribution in [1.29, 1.82) is 0 Å². The van der Waals surface area contributed by atoms with E-state index in [2.05, 4.69) is 15.6 Å². The number of carbonyl (C=O) groups is 1. The van der Waals surface area contributed by atoms with Gasteiger partial charge in [-0.2, -0.15) is 0 Å². The van der Waals surface area contributed by atoms with E-state index in [1.165, 1.54) is 5.69 Å². The fourth-order valence-electron chi connectivity index (χ4n) is 2.62. The topological polar surface area (TPSA) is 44.1 Å². The van der Waals surface area contributed by atoms with E-state index in [4.69, 9.17) is 4.74 Å². The van der Waals surface area contributed by atoms with Gasteiger partial charge in [-0.25, -0.2) is 4.98 Å². The summed E-state index contributed by atoms with van der Waals surface area (Å²) in [6.45, 7) is 1.82. The third-order valence-corrected chi connectivity index (χ3v) is 4.21. The van der Waals surface area contributed by atoms with Crippen LogP contribution in [0.3, 0.4) is 0 Å². The van der Waals surface area contributed by atoms with Gasteiger partial charge in [-0.3, -0.25) is 4.79 Å². The second-order valence-corrected chi connectivity index (χ2v) is 5.39. The summed E-state index contributed by atoms with van der Waals surface area (Å²) < 4.78 is 7.67. The lowest BCUT2D eigenvalue weighted by molar-refractivity contribution is -0.152. The number of aryl methyl sites for hydroxylation is 1. The van der Waals surface area contributed by atoms with Crippen LogP contribution in [0.15, 0.2) is 23.4 Å². The molecule has 0 N–H and O–H groups in total. The van der Waals surface area contributed by atoms with Crippen molar-refractivity contribution in [2.24, 2.45) is 0 Å². The molecule has 4 nitrogen and oxygen atoms in total. The maximum absolute atomic E-state index is 11.5. The Morgan fingerprint density at radius 1 is 1.63 bits per heavy atom. The number of nitrogens with zero attached hydrogens (tertiary/aromatic N) is 2. The molecule has 3 heterocycles. The van der Waals surface area contributed by atoms with Crippen molar-refractivity contribution in [2.75, 3.05) is 6.26 Å². The maximum atomic E-state index is 11.5. The molecule has 1 aliphatic rings. The molecule has 0 saturated carbocycles. The molecular weight excluding hydrogens is 260 g/mol. The van der Waals surface area contributed by atoms with E-state index in [-0.39, 0.29) is 12.2 Å². The number of thioether (sulfide) groups is 1. The van der Waals surface area contributed by atoms with E-state index in [0.29, 0.717) is 6.42 Å². The first kappa shape index (κ1) is 12.5. The molecule has 100 valence electrons. The summed E-state index contributed by atoms with van der Waals surface area (Å²) in [6.07, 6.45) is 5.93. The minimum absolute atomic E-state index is 0.140. The van der Waals surface area contributed by atoms with Crippen molar-refractivity contribution in [1.82, 2.24) is 9.55 Å². The molecule has 2 aromatic rings. The summed E-state index contributed by atoms with van der Waals surface area (Å²) in [5.74, 6) is -0.140. The van der Waals surface area contributed by atoms with Gasteiger partial charge in [0.05, 0.1) is 5.52 Å². The lowest BCUT2D eigenvalue weighted by Gasteiger charge is -2.15. The molecule has 3 rings (SSSR count). The SMILES string of the molecule is CCC(=O)OC1CCc2cc3c(SC)nccc3n21. The zero-order valence-electron chi connectivity index (χ0n) is 11.0. The maximum Gasteiger partial charge on any atom is 0.307 e. The summed E-state index contributed by atoms with van der Waals surface area (Å²) in [5, 5.41) is 2.18. The molecule has 1 aliphatic heterocycles. The van der Waals surface area contributed by atoms with Crippen LogP contribution in [0.2, 0.25) is 0 Å². The lowest BCUT2D eigenvalue weighted by Crippen LogP contribution is -2.13. The van der Waals surface area contributed by atoms with Crippen molar-refractivity contribution in [2.45, 2.75) is 37.4 Å². The highest BCUT2D eigenvalue weighted by atomic mass is 32.2. The zero-order valence-corrected chi connectivity index (χ0v) is 11.9. The highest BCUT2D eigenvalue weighted by molar-refractivity contribution is 7.98. The molecule has 0 aromatic carbocycles. The number of hydrogen-bond donors (Lipinski definition) is 0. The Hall–Kier alpha value is -1.49. The van der Waals surface area contributed by atoms with Crippen LogP contribution < -0.4 is 0 Å². The lowest BCUT2D eigenvalue weighted by atomic mass is 10.2. The molecule has 1 atom stereocenters. The Morgan fingerprint density at radius 2 is 2.47 bits per heavy atom. The normalized spacial score (nSPS) is 17.7. The predicted octanol–water partition coefficient (Wildman–Crippen LogP) is 3.16. The van der Waals surface area contributed by atoms with Crippen LogP contribution in [0.25, 0.3) is 10.9 Å². The van der Waals surface area contributed by atoms with Crippen LogP contribution in [-0.4, -0.2) is 21.8 Å². The fourth-order valence-corrected chi connectivity index (χ4v) is 3.17. The van der Waals surface area contributed by atoms with Crippen molar-refractivity contribution >= 4 is 28.6 Å². The standard InChI is InChI=1S/C14H16N2O2S/c1-3-13(17)18-12-5-4-9-8-10-11(16(9)12)6-7-15-14(10)19-2/h6-8,12H,3-5H2,1-2H3. The molecule has 0 spiro atoms. The predicted molar refractivity (Wildman–Crippen MR) is 75.3 cm³/mol. The van der Waals surface area contributed by atoms with Gasteiger partial charge in [0, 0.05) is 30.1 Å². The Bertz CT molecular complexity index is 636. The van der Waals surface area contributed by atoms with Gasteiger partial charge >= 0.3 is 5.97 Å². The quantitative estimate of drug-likeness (QED) is 0.638. The number of fused-ring (bicyclic) bond motifs is 3. The van der Waals surface area contributed by atoms with Crippen LogP contribution in [0.1, 0.15) is 31.7 Å². The average molecular weight is 276 g/mol. The van der Waals surface area contributed by atoms with Crippen molar-refractivity contribution in [3.63, 3.8) is 0 Å². The van der Waals surface area contributed by atoms with E-state index in [1.807, 2.05) is 25.4 Å². The monoisotopic (exact) mass is 276 g/mol. The van der Waals surface area contributed by atoms with Crippen molar-refractivity contribution in [3.05, 3.63) is 24.0 Å². The number of carbonyl (C=O) groups excluding carboxylic acids is 1. The van der Waals surface area contributed by atoms with Gasteiger partial charge in [0.1, 0.15) is 5.03 Å². The molecule has 19 heavy (non-hydrogen) atoms. The molecule has 0 bridgehead atoms. The second-order valence-electron chi connectivity index (χ2n) is 4.60. The van der Waals surface area contributed by atoms with E-state index >= 15 is 0 Å². The fraction of sp³-hybridized carbons (Fsp3) is 0.429. The number of rotatable bonds is 3. The number of ether oxygens (including phenoxy) is 1. The third kappa shape index (κ3) is 2.02. The zero-order chi connectivity index (χ0) is 13.4. The summed E-state index contributed by atoms with van der Waals surface area (Å²) in [7, 11) is 0. The number of hydrogen-bond acceptors (Lipinski definition) is 4. The first-order valence-electron chi connectivity index (χ1n) is 6.47. The Balaban J connectivity index is 2.06. The number of esters is 1. The molecule has 0 amide bonds. The average Bonchev–Trinajstić information content (AvgIpc) is 2.98. The van der Waals surface area contributed by atoms with E-state index < -0.39 is 0 Å². The Labute approximate surface area is 116 Å². The molecule has 5 heteroatoms. The number of pyridine rings is 1. The van der Waals surface area contributed by atoms with Crippen LogP contribution in [0.4, 0.5) is 0 Å². The van der Waals surface area contributed by atoms with Crippen LogP contribution in [0.5, 0.6) is 0 Å². The van der Waals surface area contributed by atoms with Crippen LogP contribution in [0, 0.1) is 0 Å².